The molecule has 0 aliphatic carbocycles. The molecule has 2 N–H and O–H groups in total. The largest absolute Gasteiger partial charge is 0.348 e. The van der Waals surface area contributed by atoms with Crippen molar-refractivity contribution in [2.24, 2.45) is 5.92 Å². The number of halogens is 1. The molecule has 138 valence electrons. The molecule has 1 unspecified atom stereocenters. The van der Waals surface area contributed by atoms with E-state index in [1.807, 2.05) is 51.1 Å². The van der Waals surface area contributed by atoms with Crippen molar-refractivity contribution in [3.05, 3.63) is 70.7 Å². The zero-order valence-corrected chi connectivity index (χ0v) is 16.1. The Kier molecular flexibility index (Phi) is 7.22. The highest BCUT2D eigenvalue weighted by Gasteiger charge is 2.27. The molecule has 0 aliphatic heterocycles. The van der Waals surface area contributed by atoms with Crippen LogP contribution in [-0.4, -0.2) is 17.9 Å². The third-order valence-electron chi connectivity index (χ3n) is 4.55. The normalized spacial score (nSPS) is 14.2. The van der Waals surface area contributed by atoms with Crippen LogP contribution in [0.2, 0.25) is 5.02 Å². The van der Waals surface area contributed by atoms with E-state index in [-0.39, 0.29) is 23.8 Å². The molecule has 0 aromatic heterocycles. The highest BCUT2D eigenvalue weighted by Crippen LogP contribution is 2.15. The highest BCUT2D eigenvalue weighted by atomic mass is 35.5. The predicted octanol–water partition coefficient (Wildman–Crippen LogP) is 4.36. The third-order valence-corrected chi connectivity index (χ3v) is 4.80. The maximum Gasteiger partial charge on any atom is 0.251 e. The number of carbonyl (C=O) groups excluding carboxylic acids is 2. The summed E-state index contributed by atoms with van der Waals surface area (Å²) >= 11 is 5.87. The van der Waals surface area contributed by atoms with Gasteiger partial charge < -0.3 is 10.6 Å². The van der Waals surface area contributed by atoms with Crippen LogP contribution in [0.3, 0.4) is 0 Å². The number of amides is 2. The summed E-state index contributed by atoms with van der Waals surface area (Å²) in [5.41, 5.74) is 1.50. The molecular formula is C21H25ClN2O2. The Bertz CT molecular complexity index is 731. The monoisotopic (exact) mass is 372 g/mol. The molecule has 0 saturated heterocycles. The molecule has 2 rings (SSSR count). The molecule has 0 spiro atoms. The first-order chi connectivity index (χ1) is 12.4. The minimum atomic E-state index is -0.602. The molecule has 2 amide bonds. The number of benzene rings is 2. The van der Waals surface area contributed by atoms with E-state index < -0.39 is 6.04 Å². The van der Waals surface area contributed by atoms with Gasteiger partial charge >= 0.3 is 0 Å². The van der Waals surface area contributed by atoms with Gasteiger partial charge in [-0.15, -0.1) is 0 Å². The van der Waals surface area contributed by atoms with Gasteiger partial charge in [0.15, 0.2) is 0 Å². The maximum absolute atomic E-state index is 12.8. The first-order valence-corrected chi connectivity index (χ1v) is 9.22. The molecule has 0 radical (unpaired) electrons. The van der Waals surface area contributed by atoms with Gasteiger partial charge in [-0.2, -0.15) is 0 Å². The summed E-state index contributed by atoms with van der Waals surface area (Å²) < 4.78 is 0. The molecule has 4 nitrogen and oxygen atoms in total. The molecule has 5 heteroatoms. The lowest BCUT2D eigenvalue weighted by atomic mass is 9.97. The smallest absolute Gasteiger partial charge is 0.251 e. The van der Waals surface area contributed by atoms with Crippen LogP contribution >= 0.6 is 11.6 Å². The molecule has 2 aromatic carbocycles. The summed E-state index contributed by atoms with van der Waals surface area (Å²) in [5.74, 6) is -0.457. The van der Waals surface area contributed by atoms with Crippen molar-refractivity contribution in [1.29, 1.82) is 0 Å². The van der Waals surface area contributed by atoms with Crippen LogP contribution in [0.4, 0.5) is 0 Å². The molecule has 3 atom stereocenters. The van der Waals surface area contributed by atoms with Gasteiger partial charge in [-0.1, -0.05) is 62.2 Å². The van der Waals surface area contributed by atoms with Crippen molar-refractivity contribution in [2.45, 2.75) is 39.3 Å². The maximum atomic E-state index is 12.8. The predicted molar refractivity (Wildman–Crippen MR) is 105 cm³/mol. The Balaban J connectivity index is 2.09. The van der Waals surface area contributed by atoms with Gasteiger partial charge in [-0.25, -0.2) is 0 Å². The van der Waals surface area contributed by atoms with Crippen molar-refractivity contribution in [1.82, 2.24) is 10.6 Å². The van der Waals surface area contributed by atoms with Crippen LogP contribution in [0.5, 0.6) is 0 Å². The topological polar surface area (TPSA) is 58.2 Å². The van der Waals surface area contributed by atoms with Crippen molar-refractivity contribution < 1.29 is 9.59 Å². The highest BCUT2D eigenvalue weighted by molar-refractivity contribution is 6.30. The Morgan fingerprint density at radius 1 is 0.962 bits per heavy atom. The van der Waals surface area contributed by atoms with Crippen molar-refractivity contribution in [3.8, 4) is 0 Å². The molecular weight excluding hydrogens is 348 g/mol. The second-order valence-corrected chi connectivity index (χ2v) is 6.92. The van der Waals surface area contributed by atoms with E-state index in [4.69, 9.17) is 11.6 Å². The third kappa shape index (κ3) is 5.33. The zero-order valence-electron chi connectivity index (χ0n) is 15.3. The summed E-state index contributed by atoms with van der Waals surface area (Å²) in [6.45, 7) is 5.89. The van der Waals surface area contributed by atoms with Crippen LogP contribution < -0.4 is 10.6 Å². The van der Waals surface area contributed by atoms with Gasteiger partial charge in [0.2, 0.25) is 5.91 Å². The van der Waals surface area contributed by atoms with E-state index in [1.165, 1.54) is 0 Å². The van der Waals surface area contributed by atoms with Gasteiger partial charge in [0.05, 0.1) is 6.04 Å². The molecule has 0 fully saturated rings. The van der Waals surface area contributed by atoms with Gasteiger partial charge in [0.25, 0.3) is 5.91 Å². The van der Waals surface area contributed by atoms with Crippen molar-refractivity contribution in [3.63, 3.8) is 0 Å². The summed E-state index contributed by atoms with van der Waals surface area (Å²) in [6, 6.07) is 15.6. The molecule has 0 heterocycles. The first kappa shape index (κ1) is 20.0. The Labute approximate surface area is 159 Å². The molecule has 0 aliphatic rings. The number of nitrogens with one attached hydrogen (secondary N) is 2. The van der Waals surface area contributed by atoms with Crippen LogP contribution in [-0.2, 0) is 4.79 Å². The summed E-state index contributed by atoms with van der Waals surface area (Å²) in [7, 11) is 0. The molecule has 26 heavy (non-hydrogen) atoms. The minimum Gasteiger partial charge on any atom is -0.348 e. The fourth-order valence-electron chi connectivity index (χ4n) is 2.66. The number of carbonyl (C=O) groups is 2. The van der Waals surface area contributed by atoms with Gasteiger partial charge in [0.1, 0.15) is 6.04 Å². The summed E-state index contributed by atoms with van der Waals surface area (Å²) in [5, 5.41) is 6.43. The van der Waals surface area contributed by atoms with E-state index >= 15 is 0 Å². The van der Waals surface area contributed by atoms with E-state index in [1.54, 1.807) is 24.3 Å². The van der Waals surface area contributed by atoms with E-state index in [2.05, 4.69) is 10.6 Å². The fourth-order valence-corrected chi connectivity index (χ4v) is 2.78. The average Bonchev–Trinajstić information content (AvgIpc) is 2.66. The number of rotatable bonds is 7. The second kappa shape index (κ2) is 9.39. The van der Waals surface area contributed by atoms with Gasteiger partial charge in [-0.05, 0) is 42.7 Å². The SMILES string of the molecule is CC[C@H](C)[C@H](NC(=O)c1ccc(Cl)cc1)C(=O)NC(C)c1ccccc1. The van der Waals surface area contributed by atoms with E-state index in [0.29, 0.717) is 10.6 Å². The molecule has 0 bridgehead atoms. The molecule has 0 saturated carbocycles. The van der Waals surface area contributed by atoms with E-state index in [0.717, 1.165) is 12.0 Å². The van der Waals surface area contributed by atoms with Gasteiger partial charge in [-0.3, -0.25) is 9.59 Å². The lowest BCUT2D eigenvalue weighted by Gasteiger charge is -2.25. The summed E-state index contributed by atoms with van der Waals surface area (Å²) in [4.78, 5) is 25.3. The summed E-state index contributed by atoms with van der Waals surface area (Å²) in [6.07, 6.45) is 0.776. The Morgan fingerprint density at radius 2 is 1.58 bits per heavy atom. The first-order valence-electron chi connectivity index (χ1n) is 8.84. The van der Waals surface area contributed by atoms with E-state index in [9.17, 15) is 9.59 Å². The van der Waals surface area contributed by atoms with Crippen LogP contribution in [0.25, 0.3) is 0 Å². The average molecular weight is 373 g/mol. The quantitative estimate of drug-likeness (QED) is 0.758. The van der Waals surface area contributed by atoms with Crippen LogP contribution in [0, 0.1) is 5.92 Å². The fraction of sp³-hybridized carbons (Fsp3) is 0.333. The van der Waals surface area contributed by atoms with Gasteiger partial charge in [0, 0.05) is 10.6 Å². The lowest BCUT2D eigenvalue weighted by Crippen LogP contribution is -2.50. The lowest BCUT2D eigenvalue weighted by molar-refractivity contribution is -0.124. The second-order valence-electron chi connectivity index (χ2n) is 6.48. The Hall–Kier alpha value is -2.33. The molecule has 2 aromatic rings. The standard InChI is InChI=1S/C21H25ClN2O2/c1-4-14(2)19(24-20(25)17-10-12-18(22)13-11-17)21(26)23-15(3)16-8-6-5-7-9-16/h5-15,19H,4H2,1-3H3,(H,23,26)(H,24,25)/t14-,15?,19-/m0/s1. The van der Waals surface area contributed by atoms with Crippen LogP contribution in [0.15, 0.2) is 54.6 Å². The zero-order chi connectivity index (χ0) is 19.1. The van der Waals surface area contributed by atoms with Crippen molar-refractivity contribution in [2.75, 3.05) is 0 Å². The minimum absolute atomic E-state index is 0.00854. The van der Waals surface area contributed by atoms with Crippen LogP contribution in [0.1, 0.15) is 49.2 Å². The van der Waals surface area contributed by atoms with Crippen molar-refractivity contribution >= 4 is 23.4 Å². The Morgan fingerprint density at radius 3 is 2.15 bits per heavy atom. The number of hydrogen-bond acceptors (Lipinski definition) is 2. The number of hydrogen-bond donors (Lipinski definition) is 2.